The van der Waals surface area contributed by atoms with Crippen molar-refractivity contribution >= 4 is 27.4 Å². The van der Waals surface area contributed by atoms with Gasteiger partial charge < -0.3 is 0 Å². The van der Waals surface area contributed by atoms with E-state index in [9.17, 15) is 9.00 Å². The first kappa shape index (κ1) is 13.1. The molecule has 2 aliphatic rings. The molecule has 4 heteroatoms. The van der Waals surface area contributed by atoms with Gasteiger partial charge in [0.1, 0.15) is 0 Å². The Bertz CT molecular complexity index is 726. The number of rotatable bonds is 2. The zero-order valence-electron chi connectivity index (χ0n) is 11.7. The van der Waals surface area contributed by atoms with Crippen LogP contribution in [0.1, 0.15) is 36.0 Å². The molecule has 0 radical (unpaired) electrons. The summed E-state index contributed by atoms with van der Waals surface area (Å²) in [6.45, 7) is 0. The lowest BCUT2D eigenvalue weighted by atomic mass is 9.90. The third-order valence-electron chi connectivity index (χ3n) is 4.86. The van der Waals surface area contributed by atoms with Crippen LogP contribution < -0.4 is 0 Å². The average Bonchev–Trinajstić information content (AvgIpc) is 2.75. The number of ketones is 1. The Morgan fingerprint density at radius 3 is 2.62 bits per heavy atom. The molecule has 21 heavy (non-hydrogen) atoms. The predicted molar refractivity (Wildman–Crippen MR) is 83.7 cm³/mol. The van der Waals surface area contributed by atoms with Crippen molar-refractivity contribution in [2.45, 2.75) is 36.2 Å². The van der Waals surface area contributed by atoms with E-state index in [2.05, 4.69) is 4.98 Å². The number of benzene rings is 1. The summed E-state index contributed by atoms with van der Waals surface area (Å²) in [7, 11) is -0.695. The summed E-state index contributed by atoms with van der Waals surface area (Å²) in [4.78, 5) is 16.8. The molecule has 2 aliphatic heterocycles. The molecule has 1 aromatic carbocycles. The molecule has 0 aliphatic carbocycles. The van der Waals surface area contributed by atoms with Crippen LogP contribution in [0.2, 0.25) is 0 Å². The highest BCUT2D eigenvalue weighted by Gasteiger charge is 2.42. The van der Waals surface area contributed by atoms with Crippen molar-refractivity contribution < 1.29 is 9.00 Å². The molecule has 2 fully saturated rings. The molecule has 0 spiro atoms. The Kier molecular flexibility index (Phi) is 3.14. The maximum atomic E-state index is 12.8. The lowest BCUT2D eigenvalue weighted by Crippen LogP contribution is -2.32. The number of hydrogen-bond acceptors (Lipinski definition) is 3. The van der Waals surface area contributed by atoms with Gasteiger partial charge in [-0.05, 0) is 43.2 Å². The Morgan fingerprint density at radius 1 is 1.10 bits per heavy atom. The Balaban J connectivity index is 1.63. The number of Topliss-reactive ketones (excluding diaryl/α,β-unsaturated/α-hetero) is 1. The lowest BCUT2D eigenvalue weighted by Gasteiger charge is -2.26. The summed E-state index contributed by atoms with van der Waals surface area (Å²) in [6, 6.07) is 7.77. The van der Waals surface area contributed by atoms with E-state index in [0.717, 1.165) is 42.0 Å². The lowest BCUT2D eigenvalue weighted by molar-refractivity contribution is 0.0906. The Hall–Kier alpha value is -1.55. The van der Waals surface area contributed by atoms with Gasteiger partial charge in [0.15, 0.2) is 5.78 Å². The van der Waals surface area contributed by atoms with Gasteiger partial charge in [0.25, 0.3) is 0 Å². The summed E-state index contributed by atoms with van der Waals surface area (Å²) in [5.74, 6) is 0.279. The number of pyridine rings is 1. The monoisotopic (exact) mass is 299 g/mol. The molecular formula is C17H17NO2S. The molecule has 2 saturated heterocycles. The van der Waals surface area contributed by atoms with Crippen molar-refractivity contribution in [1.29, 1.82) is 0 Å². The summed E-state index contributed by atoms with van der Waals surface area (Å²) >= 11 is 0. The summed E-state index contributed by atoms with van der Waals surface area (Å²) in [5, 5.41) is 2.61. The second kappa shape index (κ2) is 5.02. The van der Waals surface area contributed by atoms with Gasteiger partial charge in [-0.15, -0.1) is 0 Å². The van der Waals surface area contributed by atoms with Crippen LogP contribution in [0.4, 0.5) is 0 Å². The van der Waals surface area contributed by atoms with Crippen LogP contribution in [0.25, 0.3) is 10.8 Å². The van der Waals surface area contributed by atoms with E-state index in [0.29, 0.717) is 0 Å². The average molecular weight is 299 g/mol. The molecule has 2 unspecified atom stereocenters. The van der Waals surface area contributed by atoms with Gasteiger partial charge in [0.2, 0.25) is 0 Å². The minimum absolute atomic E-state index is 0.0551. The molecule has 1 aromatic heterocycles. The second-order valence-electron chi connectivity index (χ2n) is 6.12. The molecular weight excluding hydrogens is 282 g/mol. The standard InChI is InChI=1S/C17H17NO2S/c19-17(14-8-15-3-4-16(9-14)21(15)20)12-1-2-13-10-18-6-5-11(13)7-12/h1-2,5-7,10,14-16H,3-4,8-9H2. The normalized spacial score (nSPS) is 31.4. The highest BCUT2D eigenvalue weighted by Crippen LogP contribution is 2.39. The smallest absolute Gasteiger partial charge is 0.166 e. The first-order chi connectivity index (χ1) is 10.2. The quantitative estimate of drug-likeness (QED) is 0.801. The number of fused-ring (bicyclic) bond motifs is 3. The summed E-state index contributed by atoms with van der Waals surface area (Å²) < 4.78 is 12.1. The first-order valence-electron chi connectivity index (χ1n) is 7.50. The van der Waals surface area contributed by atoms with Crippen molar-refractivity contribution in [1.82, 2.24) is 4.98 Å². The molecule has 0 amide bonds. The summed E-state index contributed by atoms with van der Waals surface area (Å²) in [6.07, 6.45) is 7.23. The van der Waals surface area contributed by atoms with Crippen LogP contribution in [-0.2, 0) is 10.8 Å². The first-order valence-corrected chi connectivity index (χ1v) is 8.77. The van der Waals surface area contributed by atoms with Gasteiger partial charge in [-0.2, -0.15) is 0 Å². The largest absolute Gasteiger partial charge is 0.294 e. The number of hydrogen-bond donors (Lipinski definition) is 0. The van der Waals surface area contributed by atoms with Crippen LogP contribution in [0, 0.1) is 5.92 Å². The zero-order valence-corrected chi connectivity index (χ0v) is 12.5. The Morgan fingerprint density at radius 2 is 1.86 bits per heavy atom. The topological polar surface area (TPSA) is 47.0 Å². The van der Waals surface area contributed by atoms with Gasteiger partial charge in [0.05, 0.1) is 0 Å². The maximum Gasteiger partial charge on any atom is 0.166 e. The van der Waals surface area contributed by atoms with E-state index in [-0.39, 0.29) is 22.2 Å². The minimum Gasteiger partial charge on any atom is -0.294 e. The predicted octanol–water partition coefficient (Wildman–Crippen LogP) is 3.11. The zero-order chi connectivity index (χ0) is 14.4. The highest BCUT2D eigenvalue weighted by atomic mass is 32.2. The van der Waals surface area contributed by atoms with E-state index in [4.69, 9.17) is 0 Å². The van der Waals surface area contributed by atoms with E-state index in [1.165, 1.54) is 0 Å². The molecule has 108 valence electrons. The number of aromatic nitrogens is 1. The summed E-state index contributed by atoms with van der Waals surface area (Å²) in [5.41, 5.74) is 0.783. The van der Waals surface area contributed by atoms with Crippen molar-refractivity contribution in [3.8, 4) is 0 Å². The third kappa shape index (κ3) is 2.22. The van der Waals surface area contributed by atoms with Crippen LogP contribution in [0.5, 0.6) is 0 Å². The maximum absolute atomic E-state index is 12.8. The van der Waals surface area contributed by atoms with Gasteiger partial charge in [-0.25, -0.2) is 0 Å². The molecule has 2 aromatic rings. The van der Waals surface area contributed by atoms with Crippen LogP contribution in [0.15, 0.2) is 36.7 Å². The molecule has 3 nitrogen and oxygen atoms in total. The molecule has 2 bridgehead atoms. The molecule has 0 N–H and O–H groups in total. The van der Waals surface area contributed by atoms with Gasteiger partial charge in [-0.1, -0.05) is 12.1 Å². The number of carbonyl (C=O) groups is 1. The highest BCUT2D eigenvalue weighted by molar-refractivity contribution is 7.86. The van der Waals surface area contributed by atoms with Crippen molar-refractivity contribution in [3.05, 3.63) is 42.2 Å². The van der Waals surface area contributed by atoms with Gasteiger partial charge in [0, 0.05) is 50.6 Å². The van der Waals surface area contributed by atoms with Crippen LogP contribution in [0.3, 0.4) is 0 Å². The van der Waals surface area contributed by atoms with Crippen molar-refractivity contribution in [2.24, 2.45) is 5.92 Å². The molecule has 3 heterocycles. The minimum atomic E-state index is -0.695. The van der Waals surface area contributed by atoms with E-state index in [1.54, 1.807) is 6.20 Å². The number of nitrogens with zero attached hydrogens (tertiary/aromatic N) is 1. The van der Waals surface area contributed by atoms with E-state index in [1.807, 2.05) is 30.5 Å². The fourth-order valence-electron chi connectivity index (χ4n) is 3.72. The Labute approximate surface area is 126 Å². The SMILES string of the molecule is O=C(c1ccc2cnccc2c1)C1CC2CCC(C1)S2=O. The van der Waals surface area contributed by atoms with Crippen molar-refractivity contribution in [2.75, 3.05) is 0 Å². The van der Waals surface area contributed by atoms with Gasteiger partial charge in [-0.3, -0.25) is 14.0 Å². The van der Waals surface area contributed by atoms with Crippen LogP contribution in [-0.4, -0.2) is 25.5 Å². The fraction of sp³-hybridized carbons (Fsp3) is 0.412. The second-order valence-corrected chi connectivity index (χ2v) is 8.11. The fourth-order valence-corrected chi connectivity index (χ4v) is 5.84. The van der Waals surface area contributed by atoms with E-state index < -0.39 is 10.8 Å². The molecule has 2 atom stereocenters. The number of carbonyl (C=O) groups excluding carboxylic acids is 1. The van der Waals surface area contributed by atoms with E-state index >= 15 is 0 Å². The van der Waals surface area contributed by atoms with Gasteiger partial charge >= 0.3 is 0 Å². The molecule has 4 rings (SSSR count). The van der Waals surface area contributed by atoms with Crippen molar-refractivity contribution in [3.63, 3.8) is 0 Å². The molecule has 0 saturated carbocycles. The van der Waals surface area contributed by atoms with Crippen LogP contribution >= 0.6 is 0 Å². The third-order valence-corrected chi connectivity index (χ3v) is 7.03.